The van der Waals surface area contributed by atoms with Crippen molar-refractivity contribution in [3.63, 3.8) is 0 Å². The van der Waals surface area contributed by atoms with Crippen molar-refractivity contribution >= 4 is 9.84 Å². The van der Waals surface area contributed by atoms with Gasteiger partial charge in [0, 0.05) is 25.2 Å². The average Bonchev–Trinajstić information content (AvgIpc) is 2.40. The summed E-state index contributed by atoms with van der Waals surface area (Å²) in [6.45, 7) is 7.17. The molecule has 5 heteroatoms. The number of hydrogen-bond donors (Lipinski definition) is 1. The van der Waals surface area contributed by atoms with E-state index in [1.807, 2.05) is 0 Å². The first-order valence-electron chi connectivity index (χ1n) is 8.19. The minimum Gasteiger partial charge on any atom is -0.314 e. The molecular weight excluding hydrogens is 272 g/mol. The zero-order valence-electron chi connectivity index (χ0n) is 13.0. The molecule has 1 aliphatic carbocycles. The molecule has 0 aromatic carbocycles. The summed E-state index contributed by atoms with van der Waals surface area (Å²) < 4.78 is 23.3. The maximum atomic E-state index is 11.7. The van der Waals surface area contributed by atoms with Gasteiger partial charge in [0.1, 0.15) is 0 Å². The van der Waals surface area contributed by atoms with Gasteiger partial charge in [0.2, 0.25) is 0 Å². The minimum absolute atomic E-state index is 0.183. The second-order valence-electron chi connectivity index (χ2n) is 6.56. The maximum absolute atomic E-state index is 11.7. The molecule has 3 atom stereocenters. The van der Waals surface area contributed by atoms with Crippen molar-refractivity contribution in [1.29, 1.82) is 0 Å². The van der Waals surface area contributed by atoms with E-state index in [4.69, 9.17) is 0 Å². The van der Waals surface area contributed by atoms with E-state index < -0.39 is 9.84 Å². The van der Waals surface area contributed by atoms with Gasteiger partial charge in [-0.2, -0.15) is 0 Å². The van der Waals surface area contributed by atoms with Crippen LogP contribution in [0.2, 0.25) is 0 Å². The predicted molar refractivity (Wildman–Crippen MR) is 83.7 cm³/mol. The Balaban J connectivity index is 1.90. The van der Waals surface area contributed by atoms with E-state index >= 15 is 0 Å². The van der Waals surface area contributed by atoms with E-state index in [2.05, 4.69) is 24.1 Å². The van der Waals surface area contributed by atoms with Gasteiger partial charge in [-0.25, -0.2) is 8.42 Å². The molecule has 118 valence electrons. The molecule has 4 nitrogen and oxygen atoms in total. The quantitative estimate of drug-likeness (QED) is 0.839. The molecule has 0 amide bonds. The minimum atomic E-state index is -2.79. The molecule has 1 N–H and O–H groups in total. The van der Waals surface area contributed by atoms with Crippen molar-refractivity contribution in [3.8, 4) is 0 Å². The highest BCUT2D eigenvalue weighted by Gasteiger charge is 2.32. The van der Waals surface area contributed by atoms with Gasteiger partial charge in [-0.15, -0.1) is 0 Å². The van der Waals surface area contributed by atoms with Crippen LogP contribution in [0.5, 0.6) is 0 Å². The van der Waals surface area contributed by atoms with Crippen LogP contribution in [-0.2, 0) is 9.84 Å². The fourth-order valence-corrected chi connectivity index (χ4v) is 5.26. The summed E-state index contributed by atoms with van der Waals surface area (Å²) in [7, 11) is -2.79. The summed E-state index contributed by atoms with van der Waals surface area (Å²) in [6, 6.07) is 0.817. The first-order chi connectivity index (χ1) is 9.52. The largest absolute Gasteiger partial charge is 0.314 e. The summed E-state index contributed by atoms with van der Waals surface area (Å²) in [5.41, 5.74) is 0. The van der Waals surface area contributed by atoms with Crippen LogP contribution in [0.3, 0.4) is 0 Å². The fraction of sp³-hybridized carbons (Fsp3) is 1.00. The molecule has 0 bridgehead atoms. The predicted octanol–water partition coefficient (Wildman–Crippen LogP) is 1.66. The molecule has 2 fully saturated rings. The lowest BCUT2D eigenvalue weighted by Gasteiger charge is -2.40. The van der Waals surface area contributed by atoms with E-state index in [0.717, 1.165) is 19.6 Å². The normalized spacial score (nSPS) is 35.0. The lowest BCUT2D eigenvalue weighted by Crippen LogP contribution is -2.52. The van der Waals surface area contributed by atoms with Crippen LogP contribution in [0.25, 0.3) is 0 Å². The van der Waals surface area contributed by atoms with E-state index in [0.29, 0.717) is 23.5 Å². The van der Waals surface area contributed by atoms with Crippen LogP contribution >= 0.6 is 0 Å². The van der Waals surface area contributed by atoms with Gasteiger partial charge in [-0.05, 0) is 38.6 Å². The van der Waals surface area contributed by atoms with Gasteiger partial charge >= 0.3 is 0 Å². The smallest absolute Gasteiger partial charge is 0.153 e. The maximum Gasteiger partial charge on any atom is 0.153 e. The summed E-state index contributed by atoms with van der Waals surface area (Å²) in [4.78, 5) is 2.40. The van der Waals surface area contributed by atoms with Gasteiger partial charge in [0.25, 0.3) is 0 Å². The molecule has 0 radical (unpaired) electrons. The molecule has 1 saturated carbocycles. The Bertz CT molecular complexity index is 397. The van der Waals surface area contributed by atoms with Gasteiger partial charge in [0.05, 0.1) is 11.5 Å². The topological polar surface area (TPSA) is 49.4 Å². The van der Waals surface area contributed by atoms with E-state index in [-0.39, 0.29) is 6.04 Å². The van der Waals surface area contributed by atoms with Crippen LogP contribution in [-0.4, -0.2) is 56.5 Å². The Morgan fingerprint density at radius 2 is 2.00 bits per heavy atom. The highest BCUT2D eigenvalue weighted by molar-refractivity contribution is 7.91. The Kier molecular flexibility index (Phi) is 5.87. The zero-order chi connectivity index (χ0) is 14.6. The molecule has 2 aliphatic rings. The standard InChI is InChI=1S/C15H30N2O2S/c1-3-8-16-15-7-5-4-6-14(15)11-17-9-10-20(18,19)12-13(17)2/h13-16H,3-12H2,1-2H3. The summed E-state index contributed by atoms with van der Waals surface area (Å²) in [6.07, 6.45) is 6.42. The fourth-order valence-electron chi connectivity index (χ4n) is 3.63. The van der Waals surface area contributed by atoms with Crippen LogP contribution in [0.1, 0.15) is 46.0 Å². The molecule has 20 heavy (non-hydrogen) atoms. The van der Waals surface area contributed by atoms with Gasteiger partial charge in [0.15, 0.2) is 9.84 Å². The third kappa shape index (κ3) is 4.43. The molecule has 3 unspecified atom stereocenters. The van der Waals surface area contributed by atoms with Crippen molar-refractivity contribution in [2.75, 3.05) is 31.1 Å². The highest BCUT2D eigenvalue weighted by Crippen LogP contribution is 2.26. The van der Waals surface area contributed by atoms with E-state index in [9.17, 15) is 8.42 Å². The van der Waals surface area contributed by atoms with Crippen molar-refractivity contribution in [1.82, 2.24) is 10.2 Å². The number of nitrogens with one attached hydrogen (secondary N) is 1. The zero-order valence-corrected chi connectivity index (χ0v) is 13.8. The Labute approximate surface area is 124 Å². The van der Waals surface area contributed by atoms with E-state index in [1.54, 1.807) is 0 Å². The lowest BCUT2D eigenvalue weighted by atomic mass is 9.83. The molecule has 0 spiro atoms. The molecule has 0 aromatic heterocycles. The molecule has 1 saturated heterocycles. The molecule has 2 rings (SSSR count). The molecular formula is C15H30N2O2S. The first-order valence-corrected chi connectivity index (χ1v) is 10.0. The van der Waals surface area contributed by atoms with Crippen LogP contribution in [0.4, 0.5) is 0 Å². The molecule has 1 heterocycles. The number of rotatable bonds is 5. The second kappa shape index (κ2) is 7.23. The SMILES string of the molecule is CCCNC1CCCCC1CN1CCS(=O)(=O)CC1C. The third-order valence-electron chi connectivity index (χ3n) is 4.84. The first kappa shape index (κ1) is 16.2. The van der Waals surface area contributed by atoms with Crippen molar-refractivity contribution in [2.24, 2.45) is 5.92 Å². The number of sulfone groups is 1. The average molecular weight is 302 g/mol. The second-order valence-corrected chi connectivity index (χ2v) is 8.79. The lowest BCUT2D eigenvalue weighted by molar-refractivity contribution is 0.144. The number of hydrogen-bond acceptors (Lipinski definition) is 4. The number of nitrogens with zero attached hydrogens (tertiary/aromatic N) is 1. The Morgan fingerprint density at radius 1 is 1.25 bits per heavy atom. The third-order valence-corrected chi connectivity index (χ3v) is 6.64. The Morgan fingerprint density at radius 3 is 2.70 bits per heavy atom. The molecule has 0 aromatic rings. The van der Waals surface area contributed by atoms with Gasteiger partial charge in [-0.1, -0.05) is 19.8 Å². The van der Waals surface area contributed by atoms with Gasteiger partial charge < -0.3 is 5.32 Å². The summed E-state index contributed by atoms with van der Waals surface area (Å²) in [5, 5.41) is 3.70. The molecule has 1 aliphatic heterocycles. The van der Waals surface area contributed by atoms with E-state index in [1.165, 1.54) is 32.1 Å². The highest BCUT2D eigenvalue weighted by atomic mass is 32.2. The monoisotopic (exact) mass is 302 g/mol. The van der Waals surface area contributed by atoms with Crippen LogP contribution < -0.4 is 5.32 Å². The Hall–Kier alpha value is -0.130. The summed E-state index contributed by atoms with van der Waals surface area (Å²) >= 11 is 0. The van der Waals surface area contributed by atoms with Gasteiger partial charge in [-0.3, -0.25) is 4.90 Å². The summed E-state index contributed by atoms with van der Waals surface area (Å²) in [5.74, 6) is 1.38. The van der Waals surface area contributed by atoms with Crippen molar-refractivity contribution < 1.29 is 8.42 Å². The van der Waals surface area contributed by atoms with Crippen molar-refractivity contribution in [3.05, 3.63) is 0 Å². The van der Waals surface area contributed by atoms with Crippen LogP contribution in [0.15, 0.2) is 0 Å². The van der Waals surface area contributed by atoms with Crippen LogP contribution in [0, 0.1) is 5.92 Å². The van der Waals surface area contributed by atoms with Crippen molar-refractivity contribution in [2.45, 2.75) is 58.0 Å².